The molecule has 7 heteroatoms. The molecule has 1 spiro atoms. The first-order valence-electron chi connectivity index (χ1n) is 10.5. The Kier molecular flexibility index (Phi) is 5.49. The van der Waals surface area contributed by atoms with Gasteiger partial charge in [0, 0.05) is 75.3 Å². The van der Waals surface area contributed by atoms with E-state index < -0.39 is 11.6 Å². The number of carbonyl (C=O) groups excluding carboxylic acids is 1. The van der Waals surface area contributed by atoms with Crippen molar-refractivity contribution in [2.75, 3.05) is 38.0 Å². The number of benzene rings is 3. The van der Waals surface area contributed by atoms with Crippen LogP contribution in [0.4, 0.5) is 11.4 Å². The number of carbonyl (C=O) groups is 2. The summed E-state index contributed by atoms with van der Waals surface area (Å²) >= 11 is 0. The van der Waals surface area contributed by atoms with E-state index in [0.29, 0.717) is 17.1 Å². The van der Waals surface area contributed by atoms with Gasteiger partial charge < -0.3 is 24.4 Å². The number of esters is 1. The summed E-state index contributed by atoms with van der Waals surface area (Å²) in [6, 6.07) is 19.7. The van der Waals surface area contributed by atoms with Gasteiger partial charge in [0.05, 0.1) is 5.56 Å². The van der Waals surface area contributed by atoms with Crippen LogP contribution in [0.5, 0.6) is 11.5 Å². The van der Waals surface area contributed by atoms with Crippen LogP contribution in [-0.4, -0.2) is 45.2 Å². The van der Waals surface area contributed by atoms with Crippen molar-refractivity contribution in [3.63, 3.8) is 0 Å². The lowest BCUT2D eigenvalue weighted by atomic mass is 9.77. The maximum atomic E-state index is 12.8. The molecule has 0 unspecified atom stereocenters. The molecule has 0 amide bonds. The fourth-order valence-corrected chi connectivity index (χ4v) is 4.21. The smallest absolute Gasteiger partial charge is 0.340 e. The van der Waals surface area contributed by atoms with Gasteiger partial charge in [-0.15, -0.1) is 0 Å². The van der Waals surface area contributed by atoms with Crippen molar-refractivity contribution in [3.8, 4) is 11.5 Å². The third kappa shape index (κ3) is 3.65. The molecule has 0 saturated heterocycles. The minimum Gasteiger partial charge on any atom is -0.481 e. The van der Waals surface area contributed by atoms with Crippen molar-refractivity contribution in [2.24, 2.45) is 0 Å². The Morgan fingerprint density at radius 3 is 1.79 bits per heavy atom. The number of carboxylic acid groups (broad SMARTS) is 1. The zero-order valence-corrected chi connectivity index (χ0v) is 19.2. The number of aliphatic carboxylic acids is 1. The van der Waals surface area contributed by atoms with Crippen LogP contribution in [0.2, 0.25) is 0 Å². The van der Waals surface area contributed by atoms with Gasteiger partial charge in [0.15, 0.2) is 5.60 Å². The SMILES string of the molecule is CC(=O)O.CN(C)c1ccc2c(c1)Oc1cc(N(C)C)ccc1C21OC(=O)c2ccccc21. The van der Waals surface area contributed by atoms with E-state index in [-0.39, 0.29) is 5.97 Å². The molecule has 0 atom stereocenters. The monoisotopic (exact) mass is 446 g/mol. The van der Waals surface area contributed by atoms with Gasteiger partial charge in [-0.25, -0.2) is 4.79 Å². The first-order valence-corrected chi connectivity index (χ1v) is 10.5. The van der Waals surface area contributed by atoms with Crippen LogP contribution >= 0.6 is 0 Å². The quantitative estimate of drug-likeness (QED) is 0.582. The van der Waals surface area contributed by atoms with E-state index in [1.165, 1.54) is 0 Å². The molecule has 7 nitrogen and oxygen atoms in total. The second-order valence-corrected chi connectivity index (χ2v) is 8.39. The van der Waals surface area contributed by atoms with Gasteiger partial charge >= 0.3 is 5.97 Å². The fraction of sp³-hybridized carbons (Fsp3) is 0.231. The number of anilines is 2. The molecule has 0 aromatic heterocycles. The summed E-state index contributed by atoms with van der Waals surface area (Å²) in [6.07, 6.45) is 0. The number of ether oxygens (including phenoxy) is 2. The van der Waals surface area contributed by atoms with Crippen LogP contribution in [-0.2, 0) is 15.1 Å². The Morgan fingerprint density at radius 2 is 1.30 bits per heavy atom. The summed E-state index contributed by atoms with van der Waals surface area (Å²) in [5.41, 5.74) is 4.16. The predicted molar refractivity (Wildman–Crippen MR) is 127 cm³/mol. The first kappa shape index (κ1) is 22.2. The topological polar surface area (TPSA) is 79.3 Å². The molecular formula is C26H26N2O5. The number of nitrogens with zero attached hydrogens (tertiary/aromatic N) is 2. The molecule has 5 rings (SSSR count). The van der Waals surface area contributed by atoms with E-state index in [0.717, 1.165) is 35.0 Å². The average Bonchev–Trinajstić information content (AvgIpc) is 3.06. The summed E-state index contributed by atoms with van der Waals surface area (Å²) in [7, 11) is 7.96. The fourth-order valence-electron chi connectivity index (χ4n) is 4.21. The molecule has 2 aliphatic rings. The normalized spacial score (nSPS) is 14.0. The van der Waals surface area contributed by atoms with Crippen LogP contribution < -0.4 is 14.5 Å². The van der Waals surface area contributed by atoms with Gasteiger partial charge in [-0.2, -0.15) is 0 Å². The predicted octanol–water partition coefficient (Wildman–Crippen LogP) is 4.48. The van der Waals surface area contributed by atoms with Crippen LogP contribution in [0.15, 0.2) is 60.7 Å². The average molecular weight is 447 g/mol. The Labute approximate surface area is 192 Å². The highest BCUT2D eigenvalue weighted by Gasteiger charge is 2.53. The van der Waals surface area contributed by atoms with Crippen molar-refractivity contribution >= 4 is 23.3 Å². The van der Waals surface area contributed by atoms with E-state index in [2.05, 4.69) is 0 Å². The Balaban J connectivity index is 0.000000601. The summed E-state index contributed by atoms with van der Waals surface area (Å²) in [5.74, 6) is 0.251. The Hall–Kier alpha value is -4.00. The largest absolute Gasteiger partial charge is 0.481 e. The highest BCUT2D eigenvalue weighted by atomic mass is 16.6. The van der Waals surface area contributed by atoms with Gasteiger partial charge in [0.25, 0.3) is 5.97 Å². The number of rotatable bonds is 2. The van der Waals surface area contributed by atoms with E-state index in [4.69, 9.17) is 19.4 Å². The molecule has 0 aliphatic carbocycles. The molecule has 0 bridgehead atoms. The van der Waals surface area contributed by atoms with Crippen molar-refractivity contribution in [1.82, 2.24) is 0 Å². The molecule has 33 heavy (non-hydrogen) atoms. The highest BCUT2D eigenvalue weighted by Crippen LogP contribution is 2.56. The maximum absolute atomic E-state index is 12.8. The molecule has 2 aliphatic heterocycles. The van der Waals surface area contributed by atoms with Gasteiger partial charge in [-0.1, -0.05) is 18.2 Å². The lowest BCUT2D eigenvalue weighted by Gasteiger charge is -2.37. The van der Waals surface area contributed by atoms with Gasteiger partial charge in [0.2, 0.25) is 0 Å². The van der Waals surface area contributed by atoms with Gasteiger partial charge in [-0.3, -0.25) is 4.79 Å². The summed E-state index contributed by atoms with van der Waals surface area (Å²) < 4.78 is 12.5. The molecule has 3 aromatic carbocycles. The van der Waals surface area contributed by atoms with Crippen LogP contribution in [0, 0.1) is 0 Å². The lowest BCUT2D eigenvalue weighted by molar-refractivity contribution is -0.134. The molecule has 2 heterocycles. The minimum atomic E-state index is -1.01. The van der Waals surface area contributed by atoms with E-state index in [1.807, 2.05) is 98.7 Å². The van der Waals surface area contributed by atoms with Gasteiger partial charge in [0.1, 0.15) is 11.5 Å². The number of hydrogen-bond donors (Lipinski definition) is 1. The summed E-state index contributed by atoms with van der Waals surface area (Å²) in [5, 5.41) is 7.42. The molecule has 3 aromatic rings. The van der Waals surface area contributed by atoms with Crippen molar-refractivity contribution < 1.29 is 24.2 Å². The van der Waals surface area contributed by atoms with E-state index in [1.54, 1.807) is 0 Å². The van der Waals surface area contributed by atoms with Crippen molar-refractivity contribution in [3.05, 3.63) is 82.9 Å². The molecule has 0 saturated carbocycles. The molecule has 170 valence electrons. The zero-order valence-electron chi connectivity index (χ0n) is 19.2. The second-order valence-electron chi connectivity index (χ2n) is 8.39. The number of carboxylic acids is 1. The standard InChI is InChI=1S/C24H22N2O3.C2H4O2/c1-25(2)15-9-11-19-21(13-15)28-22-14-16(26(3)4)10-12-20(22)24(19)18-8-6-5-7-17(18)23(27)29-24;1-2(3)4/h5-14H,1-4H3;1H3,(H,3,4). The third-order valence-electron chi connectivity index (χ3n) is 5.71. The van der Waals surface area contributed by atoms with Crippen molar-refractivity contribution in [2.45, 2.75) is 12.5 Å². The zero-order chi connectivity index (χ0) is 23.9. The Morgan fingerprint density at radius 1 is 0.818 bits per heavy atom. The van der Waals surface area contributed by atoms with Crippen LogP contribution in [0.3, 0.4) is 0 Å². The molecule has 1 N–H and O–H groups in total. The number of hydrogen-bond acceptors (Lipinski definition) is 6. The van der Waals surface area contributed by atoms with Gasteiger partial charge in [-0.05, 0) is 30.3 Å². The molecular weight excluding hydrogens is 420 g/mol. The minimum absolute atomic E-state index is 0.312. The van der Waals surface area contributed by atoms with Crippen molar-refractivity contribution in [1.29, 1.82) is 0 Å². The third-order valence-corrected chi connectivity index (χ3v) is 5.71. The second kappa shape index (κ2) is 8.16. The molecule has 0 fully saturated rings. The summed E-state index contributed by atoms with van der Waals surface area (Å²) in [4.78, 5) is 25.9. The number of fused-ring (bicyclic) bond motifs is 6. The highest BCUT2D eigenvalue weighted by molar-refractivity contribution is 5.97. The van der Waals surface area contributed by atoms with E-state index in [9.17, 15) is 4.79 Å². The molecule has 0 radical (unpaired) electrons. The van der Waals surface area contributed by atoms with E-state index >= 15 is 0 Å². The first-order chi connectivity index (χ1) is 15.6. The Bertz CT molecular complexity index is 1190. The van der Waals surface area contributed by atoms with Crippen LogP contribution in [0.25, 0.3) is 0 Å². The summed E-state index contributed by atoms with van der Waals surface area (Å²) in [6.45, 7) is 1.08. The lowest BCUT2D eigenvalue weighted by Crippen LogP contribution is -2.33. The maximum Gasteiger partial charge on any atom is 0.340 e. The van der Waals surface area contributed by atoms with Crippen LogP contribution in [0.1, 0.15) is 34.0 Å².